The lowest BCUT2D eigenvalue weighted by Crippen LogP contribution is -2.50. The van der Waals surface area contributed by atoms with Gasteiger partial charge in [-0.05, 0) is 62.7 Å². The van der Waals surface area contributed by atoms with Gasteiger partial charge in [0, 0.05) is 55.9 Å². The number of rotatable bonds is 4. The average molecular weight is 423 g/mol. The van der Waals surface area contributed by atoms with Crippen LogP contribution in [0.5, 0.6) is 5.75 Å². The monoisotopic (exact) mass is 422 g/mol. The topological polar surface area (TPSA) is 71.9 Å². The third-order valence-corrected chi connectivity index (χ3v) is 5.94. The van der Waals surface area contributed by atoms with Gasteiger partial charge in [-0.25, -0.2) is 0 Å². The van der Waals surface area contributed by atoms with E-state index in [0.29, 0.717) is 43.7 Å². The van der Waals surface area contributed by atoms with Crippen molar-refractivity contribution in [3.63, 3.8) is 0 Å². The van der Waals surface area contributed by atoms with Crippen LogP contribution in [-0.4, -0.2) is 51.8 Å². The van der Waals surface area contributed by atoms with Crippen molar-refractivity contribution in [2.45, 2.75) is 57.8 Å². The second-order valence-corrected chi connectivity index (χ2v) is 8.77. The predicted molar refractivity (Wildman–Crippen MR) is 119 cm³/mol. The number of aliphatic hydroxyl groups is 1. The molecule has 6 nitrogen and oxygen atoms in total. The molecule has 6 heteroatoms. The number of benzene rings is 1. The molecule has 1 aromatic heterocycles. The number of amides is 1. The van der Waals surface area contributed by atoms with Crippen molar-refractivity contribution in [1.29, 1.82) is 0 Å². The first-order valence-electron chi connectivity index (χ1n) is 10.9. The second kappa shape index (κ2) is 8.71. The lowest BCUT2D eigenvalue weighted by Gasteiger charge is -2.45. The molecule has 1 saturated heterocycles. The van der Waals surface area contributed by atoms with Crippen LogP contribution in [0.2, 0.25) is 0 Å². The summed E-state index contributed by atoms with van der Waals surface area (Å²) in [6.07, 6.45) is 6.64. The van der Waals surface area contributed by atoms with Gasteiger partial charge in [-0.3, -0.25) is 9.78 Å². The molecule has 2 aromatic rings. The fraction of sp³-hybridized carbons (Fsp3) is 0.440. The Balaban J connectivity index is 1.43. The molecule has 1 N–H and O–H groups in total. The van der Waals surface area contributed by atoms with Crippen molar-refractivity contribution in [3.05, 3.63) is 65.5 Å². The summed E-state index contributed by atoms with van der Waals surface area (Å²) in [6.45, 7) is 7.12. The Labute approximate surface area is 183 Å². The van der Waals surface area contributed by atoms with E-state index in [0.717, 1.165) is 16.9 Å². The Morgan fingerprint density at radius 3 is 2.71 bits per heavy atom. The van der Waals surface area contributed by atoms with Crippen LogP contribution in [0.15, 0.2) is 48.8 Å². The minimum atomic E-state index is -0.567. The number of aromatic nitrogens is 1. The van der Waals surface area contributed by atoms with Gasteiger partial charge in [-0.1, -0.05) is 0 Å². The third kappa shape index (κ3) is 4.74. The number of aryl methyl sites for hydroxylation is 1. The maximum atomic E-state index is 13.1. The first-order valence-corrected chi connectivity index (χ1v) is 10.9. The van der Waals surface area contributed by atoms with E-state index in [1.54, 1.807) is 18.5 Å². The predicted octanol–water partition coefficient (Wildman–Crippen LogP) is 3.97. The summed E-state index contributed by atoms with van der Waals surface area (Å²) in [7, 11) is 0. The molecule has 1 unspecified atom stereocenters. The van der Waals surface area contributed by atoms with Crippen LogP contribution in [0.25, 0.3) is 5.76 Å². The van der Waals surface area contributed by atoms with Crippen molar-refractivity contribution >= 4 is 11.7 Å². The van der Waals surface area contributed by atoms with Crippen molar-refractivity contribution in [2.75, 3.05) is 13.1 Å². The maximum Gasteiger partial charge on any atom is 0.253 e. The Bertz CT molecular complexity index is 963. The normalized spacial score (nSPS) is 20.4. The molecule has 1 fully saturated rings. The van der Waals surface area contributed by atoms with Crippen LogP contribution >= 0.6 is 0 Å². The van der Waals surface area contributed by atoms with E-state index >= 15 is 0 Å². The highest BCUT2D eigenvalue weighted by molar-refractivity contribution is 5.94. The molecule has 1 atom stereocenters. The van der Waals surface area contributed by atoms with Crippen molar-refractivity contribution in [2.24, 2.45) is 0 Å². The maximum absolute atomic E-state index is 13.1. The molecule has 2 aliphatic heterocycles. The zero-order valence-corrected chi connectivity index (χ0v) is 18.4. The molecule has 31 heavy (non-hydrogen) atoms. The van der Waals surface area contributed by atoms with E-state index < -0.39 is 11.7 Å². The van der Waals surface area contributed by atoms with Gasteiger partial charge < -0.3 is 19.5 Å². The summed E-state index contributed by atoms with van der Waals surface area (Å²) in [5, 5.41) is 10.5. The lowest BCUT2D eigenvalue weighted by atomic mass is 9.83. The molecule has 1 aromatic carbocycles. The largest absolute Gasteiger partial charge is 0.491 e. The van der Waals surface area contributed by atoms with Crippen molar-refractivity contribution in [3.8, 4) is 5.75 Å². The van der Waals surface area contributed by atoms with E-state index in [1.165, 1.54) is 0 Å². The Kier molecular flexibility index (Phi) is 6.01. The molecule has 1 amide bonds. The first kappa shape index (κ1) is 21.4. The smallest absolute Gasteiger partial charge is 0.253 e. The molecule has 4 rings (SSSR count). The number of hydrogen-bond donors (Lipinski definition) is 1. The highest BCUT2D eigenvalue weighted by Gasteiger charge is 2.42. The number of nitrogens with zero attached hydrogens (tertiary/aromatic N) is 2. The lowest BCUT2D eigenvalue weighted by molar-refractivity contribution is -0.0527. The van der Waals surface area contributed by atoms with Crippen LogP contribution in [0.4, 0.5) is 0 Å². The number of carbonyl (C=O) groups excluding carboxylic acids is 1. The van der Waals surface area contributed by atoms with Gasteiger partial charge in [0.25, 0.3) is 5.91 Å². The van der Waals surface area contributed by atoms with Gasteiger partial charge in [-0.2, -0.15) is 0 Å². The Morgan fingerprint density at radius 2 is 2.06 bits per heavy atom. The summed E-state index contributed by atoms with van der Waals surface area (Å²) >= 11 is 0. The molecule has 0 bridgehead atoms. The molecule has 2 aliphatic rings. The van der Waals surface area contributed by atoms with Crippen LogP contribution in [0.3, 0.4) is 0 Å². The minimum Gasteiger partial charge on any atom is -0.491 e. The fourth-order valence-electron chi connectivity index (χ4n) is 4.36. The molecule has 0 radical (unpaired) electrons. The molecule has 1 spiro atoms. The molecule has 0 saturated carbocycles. The van der Waals surface area contributed by atoms with Gasteiger partial charge in [0.1, 0.15) is 17.1 Å². The summed E-state index contributed by atoms with van der Waals surface area (Å²) in [6, 6.07) is 9.39. The highest BCUT2D eigenvalue weighted by atomic mass is 16.5. The Morgan fingerprint density at radius 1 is 1.29 bits per heavy atom. The van der Waals surface area contributed by atoms with E-state index in [-0.39, 0.29) is 12.0 Å². The van der Waals surface area contributed by atoms with Gasteiger partial charge >= 0.3 is 0 Å². The van der Waals surface area contributed by atoms with E-state index in [1.807, 2.05) is 56.0 Å². The summed E-state index contributed by atoms with van der Waals surface area (Å²) < 4.78 is 12.2. The second-order valence-electron chi connectivity index (χ2n) is 8.77. The number of piperidine rings is 1. The van der Waals surface area contributed by atoms with Crippen molar-refractivity contribution in [1.82, 2.24) is 9.88 Å². The molecular weight excluding hydrogens is 392 g/mol. The quantitative estimate of drug-likeness (QED) is 0.807. The van der Waals surface area contributed by atoms with Crippen LogP contribution in [-0.2, 0) is 4.74 Å². The number of pyridine rings is 1. The number of hydrogen-bond acceptors (Lipinski definition) is 5. The fourth-order valence-corrected chi connectivity index (χ4v) is 4.36. The standard InChI is InChI=1S/C25H30N2O4/c1-17(2)30-22-7-6-19(13-18(22)3)24(29)27-11-8-25(9-12-27)15-21(28)14-23(31-25)20-5-4-10-26-16-20/h4-7,10,13-14,16-17,21,28H,8-9,11-12,15H2,1-3H3. The van der Waals surface area contributed by atoms with Gasteiger partial charge in [0.15, 0.2) is 0 Å². The van der Waals surface area contributed by atoms with Crippen molar-refractivity contribution < 1.29 is 19.4 Å². The molecular formula is C25H30N2O4. The van der Waals surface area contributed by atoms with Crippen LogP contribution < -0.4 is 4.74 Å². The summed E-state index contributed by atoms with van der Waals surface area (Å²) in [5.41, 5.74) is 2.03. The Hall–Kier alpha value is -2.86. The third-order valence-electron chi connectivity index (χ3n) is 5.94. The number of aliphatic hydroxyl groups excluding tert-OH is 1. The molecule has 0 aliphatic carbocycles. The van der Waals surface area contributed by atoms with Crippen LogP contribution in [0, 0.1) is 6.92 Å². The van der Waals surface area contributed by atoms with E-state index in [4.69, 9.17) is 9.47 Å². The highest BCUT2D eigenvalue weighted by Crippen LogP contribution is 2.40. The summed E-state index contributed by atoms with van der Waals surface area (Å²) in [4.78, 5) is 19.1. The van der Waals surface area contributed by atoms with E-state index in [9.17, 15) is 9.90 Å². The van der Waals surface area contributed by atoms with Crippen LogP contribution in [0.1, 0.15) is 54.6 Å². The number of likely N-dealkylation sites (tertiary alicyclic amines) is 1. The van der Waals surface area contributed by atoms with E-state index in [2.05, 4.69) is 4.98 Å². The minimum absolute atomic E-state index is 0.0217. The number of carbonyl (C=O) groups is 1. The van der Waals surface area contributed by atoms with Gasteiger partial charge in [0.2, 0.25) is 0 Å². The molecule has 3 heterocycles. The van der Waals surface area contributed by atoms with Gasteiger partial charge in [-0.15, -0.1) is 0 Å². The average Bonchev–Trinajstić information content (AvgIpc) is 2.75. The van der Waals surface area contributed by atoms with Gasteiger partial charge in [0.05, 0.1) is 12.2 Å². The zero-order chi connectivity index (χ0) is 22.0. The first-order chi connectivity index (χ1) is 14.8. The summed E-state index contributed by atoms with van der Waals surface area (Å²) in [5.74, 6) is 1.50. The SMILES string of the molecule is Cc1cc(C(=O)N2CCC3(CC2)CC(O)C=C(c2cccnc2)O3)ccc1OC(C)C. The zero-order valence-electron chi connectivity index (χ0n) is 18.4. The molecule has 164 valence electrons. The number of ether oxygens (including phenoxy) is 2.